The van der Waals surface area contributed by atoms with Gasteiger partial charge in [-0.2, -0.15) is 0 Å². The van der Waals surface area contributed by atoms with Crippen molar-refractivity contribution in [1.82, 2.24) is 4.57 Å². The predicted octanol–water partition coefficient (Wildman–Crippen LogP) is 14.4. The van der Waals surface area contributed by atoms with Crippen LogP contribution in [0.1, 0.15) is 22.3 Å². The van der Waals surface area contributed by atoms with Crippen LogP contribution >= 0.6 is 0 Å². The van der Waals surface area contributed by atoms with E-state index >= 15 is 0 Å². The maximum atomic E-state index is 14.1. The van der Waals surface area contributed by atoms with E-state index in [4.69, 9.17) is 0 Å². The smallest absolute Gasteiger partial charge is 0.123 e. The zero-order valence-corrected chi connectivity index (χ0v) is 31.8. The first kappa shape index (κ1) is 35.0. The Morgan fingerprint density at radius 3 is 1.47 bits per heavy atom. The van der Waals surface area contributed by atoms with Crippen LogP contribution in [0.25, 0.3) is 38.6 Å². The highest BCUT2D eigenvalue weighted by atomic mass is 19.1. The van der Waals surface area contributed by atoms with E-state index < -0.39 is 5.41 Å². The lowest BCUT2D eigenvalue weighted by molar-refractivity contribution is 0.627. The van der Waals surface area contributed by atoms with Crippen LogP contribution in [-0.2, 0) is 5.41 Å². The van der Waals surface area contributed by atoms with E-state index in [0.29, 0.717) is 0 Å². The molecule has 0 aliphatic carbocycles. The third-order valence-electron chi connectivity index (χ3n) is 11.4. The van der Waals surface area contributed by atoms with Crippen LogP contribution in [0, 0.1) is 5.82 Å². The number of rotatable bonds is 9. The molecule has 0 fully saturated rings. The summed E-state index contributed by atoms with van der Waals surface area (Å²) in [6.45, 7) is 0. The van der Waals surface area contributed by atoms with Crippen LogP contribution < -0.4 is 4.90 Å². The van der Waals surface area contributed by atoms with Gasteiger partial charge in [-0.15, -0.1) is 0 Å². The Morgan fingerprint density at radius 2 is 0.845 bits per heavy atom. The fraction of sp³-hybridized carbons (Fsp3) is 0.0182. The van der Waals surface area contributed by atoms with Crippen LogP contribution in [-0.4, -0.2) is 4.57 Å². The van der Waals surface area contributed by atoms with E-state index in [1.807, 2.05) is 12.1 Å². The van der Waals surface area contributed by atoms with E-state index in [0.717, 1.165) is 55.7 Å². The highest BCUT2D eigenvalue weighted by Gasteiger charge is 2.38. The summed E-state index contributed by atoms with van der Waals surface area (Å²) in [6.07, 6.45) is 0. The number of anilines is 3. The lowest BCUT2D eigenvalue weighted by atomic mass is 9.65. The number of benzene rings is 9. The summed E-state index contributed by atoms with van der Waals surface area (Å²) in [7, 11) is 0. The molecule has 276 valence electrons. The van der Waals surface area contributed by atoms with Crippen molar-refractivity contribution in [2.75, 3.05) is 4.90 Å². The molecule has 10 aromatic rings. The van der Waals surface area contributed by atoms with Crippen molar-refractivity contribution in [2.45, 2.75) is 5.41 Å². The highest BCUT2D eigenvalue weighted by molar-refractivity contribution is 6.10. The Kier molecular flexibility index (Phi) is 8.96. The van der Waals surface area contributed by atoms with Gasteiger partial charge in [0.25, 0.3) is 0 Å². The molecular weight excluding hydrogens is 708 g/mol. The summed E-state index contributed by atoms with van der Waals surface area (Å²) in [6, 6.07) is 82.8. The van der Waals surface area contributed by atoms with Crippen molar-refractivity contribution in [3.05, 3.63) is 265 Å². The summed E-state index contributed by atoms with van der Waals surface area (Å²) in [5, 5.41) is 2.30. The quantitative estimate of drug-likeness (QED) is 0.134. The highest BCUT2D eigenvalue weighted by Crippen LogP contribution is 2.46. The molecule has 0 amide bonds. The molecule has 2 nitrogen and oxygen atoms in total. The second kappa shape index (κ2) is 14.9. The molecule has 0 atom stereocenters. The van der Waals surface area contributed by atoms with Gasteiger partial charge in [0.05, 0.1) is 16.4 Å². The molecule has 10 rings (SSSR count). The molecule has 0 saturated carbocycles. The molecule has 3 heteroatoms. The maximum Gasteiger partial charge on any atom is 0.123 e. The number of para-hydroxylation sites is 2. The number of nitrogens with zero attached hydrogens (tertiary/aromatic N) is 2. The molecule has 0 unspecified atom stereocenters. The molecule has 1 heterocycles. The normalized spacial score (nSPS) is 11.5. The van der Waals surface area contributed by atoms with Crippen LogP contribution in [0.2, 0.25) is 0 Å². The van der Waals surface area contributed by atoms with Crippen LogP contribution in [0.15, 0.2) is 237 Å². The first-order valence-corrected chi connectivity index (χ1v) is 19.7. The first-order valence-electron chi connectivity index (χ1n) is 19.7. The number of hydrogen-bond donors (Lipinski definition) is 0. The van der Waals surface area contributed by atoms with Crippen LogP contribution in [0.5, 0.6) is 0 Å². The Labute approximate surface area is 338 Å². The average Bonchev–Trinajstić information content (AvgIpc) is 3.62. The van der Waals surface area contributed by atoms with Crippen molar-refractivity contribution in [2.24, 2.45) is 0 Å². The molecule has 0 aliphatic rings. The van der Waals surface area contributed by atoms with E-state index in [9.17, 15) is 4.39 Å². The molecule has 1 aromatic heterocycles. The topological polar surface area (TPSA) is 8.17 Å². The fourth-order valence-corrected chi connectivity index (χ4v) is 8.79. The van der Waals surface area contributed by atoms with Gasteiger partial charge in [-0.1, -0.05) is 170 Å². The Balaban J connectivity index is 1.10. The lowest BCUT2D eigenvalue weighted by Crippen LogP contribution is -2.30. The SMILES string of the molecule is Fc1ccc(-n2c3ccccc3c3ccc(N(c4ccccc4)c4cccc(-c5ccc(C(c6ccccc6)(c6ccccc6)c6ccccc6)cc5)c4)cc32)cc1. The minimum atomic E-state index is -0.511. The standard InChI is InChI=1S/C55H39FN2/c56-46-32-34-48(35-33-46)58-53-27-14-13-26-51(53)52-37-36-50(39-54(52)58)57(47-23-11-4-12-24-47)49-25-15-16-41(38-49)40-28-30-45(31-29-40)55(42-17-5-1-6-18-42,43-19-7-2-8-20-43)44-21-9-3-10-22-44/h1-39H. The van der Waals surface area contributed by atoms with Gasteiger partial charge in [0.2, 0.25) is 0 Å². The molecular formula is C55H39FN2. The molecule has 58 heavy (non-hydrogen) atoms. The van der Waals surface area contributed by atoms with Crippen molar-refractivity contribution >= 4 is 38.9 Å². The van der Waals surface area contributed by atoms with Gasteiger partial charge in [0.15, 0.2) is 0 Å². The summed E-state index contributed by atoms with van der Waals surface area (Å²) in [4.78, 5) is 2.31. The Bertz CT molecular complexity index is 2880. The first-order chi connectivity index (χ1) is 28.7. The monoisotopic (exact) mass is 746 g/mol. The Hall–Kier alpha value is -7.49. The van der Waals surface area contributed by atoms with Gasteiger partial charge in [-0.3, -0.25) is 0 Å². The minimum Gasteiger partial charge on any atom is -0.310 e. The summed E-state index contributed by atoms with van der Waals surface area (Å²) in [5.41, 5.74) is 12.8. The Morgan fingerprint density at radius 1 is 0.345 bits per heavy atom. The molecule has 9 aromatic carbocycles. The van der Waals surface area contributed by atoms with Crippen molar-refractivity contribution in [1.29, 1.82) is 0 Å². The van der Waals surface area contributed by atoms with Crippen LogP contribution in [0.3, 0.4) is 0 Å². The third kappa shape index (κ3) is 6.05. The number of aromatic nitrogens is 1. The van der Waals surface area contributed by atoms with Gasteiger partial charge in [-0.05, 0) is 100 Å². The van der Waals surface area contributed by atoms with Gasteiger partial charge in [0.1, 0.15) is 5.82 Å². The molecule has 0 radical (unpaired) electrons. The molecule has 0 N–H and O–H groups in total. The fourth-order valence-electron chi connectivity index (χ4n) is 8.79. The second-order valence-electron chi connectivity index (χ2n) is 14.7. The van der Waals surface area contributed by atoms with E-state index in [2.05, 4.69) is 222 Å². The molecule has 0 saturated heterocycles. The van der Waals surface area contributed by atoms with Crippen molar-refractivity contribution in [3.8, 4) is 16.8 Å². The molecule has 0 spiro atoms. The molecule has 0 bridgehead atoms. The third-order valence-corrected chi connectivity index (χ3v) is 11.4. The van der Waals surface area contributed by atoms with Crippen LogP contribution in [0.4, 0.5) is 21.5 Å². The zero-order valence-electron chi connectivity index (χ0n) is 31.8. The zero-order chi connectivity index (χ0) is 38.9. The van der Waals surface area contributed by atoms with Crippen molar-refractivity contribution in [3.63, 3.8) is 0 Å². The molecule has 0 aliphatic heterocycles. The van der Waals surface area contributed by atoms with E-state index in [1.54, 1.807) is 0 Å². The largest absolute Gasteiger partial charge is 0.310 e. The van der Waals surface area contributed by atoms with Gasteiger partial charge in [-0.25, -0.2) is 4.39 Å². The average molecular weight is 747 g/mol. The summed E-state index contributed by atoms with van der Waals surface area (Å²) in [5.74, 6) is -0.252. The number of halogens is 1. The van der Waals surface area contributed by atoms with Gasteiger partial charge < -0.3 is 9.47 Å². The summed E-state index contributed by atoms with van der Waals surface area (Å²) >= 11 is 0. The van der Waals surface area contributed by atoms with Gasteiger partial charge >= 0.3 is 0 Å². The van der Waals surface area contributed by atoms with Gasteiger partial charge in [0, 0.05) is 33.5 Å². The predicted molar refractivity (Wildman–Crippen MR) is 239 cm³/mol. The van der Waals surface area contributed by atoms with E-state index in [1.165, 1.54) is 34.4 Å². The van der Waals surface area contributed by atoms with Crippen molar-refractivity contribution < 1.29 is 4.39 Å². The number of hydrogen-bond acceptors (Lipinski definition) is 1. The minimum absolute atomic E-state index is 0.252. The maximum absolute atomic E-state index is 14.1. The lowest BCUT2D eigenvalue weighted by Gasteiger charge is -2.37. The summed E-state index contributed by atoms with van der Waals surface area (Å²) < 4.78 is 16.4. The van der Waals surface area contributed by atoms with E-state index in [-0.39, 0.29) is 5.82 Å². The second-order valence-corrected chi connectivity index (χ2v) is 14.7. The number of fused-ring (bicyclic) bond motifs is 3.